The van der Waals surface area contributed by atoms with E-state index in [-0.39, 0.29) is 5.41 Å². The van der Waals surface area contributed by atoms with Crippen LogP contribution in [-0.4, -0.2) is 18.1 Å². The molecular formula is C14H30N2. The van der Waals surface area contributed by atoms with Gasteiger partial charge >= 0.3 is 0 Å². The molecule has 0 amide bonds. The molecule has 2 nitrogen and oxygen atoms in total. The Hall–Kier alpha value is -0.0800. The molecule has 2 heteroatoms. The largest absolute Gasteiger partial charge is 0.327 e. The van der Waals surface area contributed by atoms with Crippen LogP contribution in [0.1, 0.15) is 66.2 Å². The van der Waals surface area contributed by atoms with Gasteiger partial charge in [-0.1, -0.05) is 40.0 Å². The maximum atomic E-state index is 6.17. The first-order valence-corrected chi connectivity index (χ1v) is 6.84. The van der Waals surface area contributed by atoms with Crippen molar-refractivity contribution in [3.63, 3.8) is 0 Å². The summed E-state index contributed by atoms with van der Waals surface area (Å²) in [6.45, 7) is 10.1. The molecule has 1 fully saturated rings. The number of nitrogens with two attached hydrogens (primary N) is 1. The maximum Gasteiger partial charge on any atom is 0.0153 e. The summed E-state index contributed by atoms with van der Waals surface area (Å²) in [7, 11) is 0. The van der Waals surface area contributed by atoms with E-state index in [0.29, 0.717) is 11.6 Å². The van der Waals surface area contributed by atoms with Crippen molar-refractivity contribution in [1.29, 1.82) is 0 Å². The quantitative estimate of drug-likeness (QED) is 0.773. The number of hydrogen-bond acceptors (Lipinski definition) is 2. The van der Waals surface area contributed by atoms with E-state index in [9.17, 15) is 0 Å². The van der Waals surface area contributed by atoms with Crippen LogP contribution in [-0.2, 0) is 0 Å². The van der Waals surface area contributed by atoms with E-state index in [4.69, 9.17) is 5.73 Å². The molecule has 1 unspecified atom stereocenters. The predicted octanol–water partition coefficient (Wildman–Crippen LogP) is 3.06. The van der Waals surface area contributed by atoms with Crippen molar-refractivity contribution in [2.75, 3.05) is 6.54 Å². The lowest BCUT2D eigenvalue weighted by molar-refractivity contribution is 0.237. The Bertz CT molecular complexity index is 199. The summed E-state index contributed by atoms with van der Waals surface area (Å²) >= 11 is 0. The molecular weight excluding hydrogens is 196 g/mol. The van der Waals surface area contributed by atoms with Gasteiger partial charge in [-0.05, 0) is 38.1 Å². The van der Waals surface area contributed by atoms with Gasteiger partial charge in [-0.15, -0.1) is 0 Å². The van der Waals surface area contributed by atoms with Gasteiger partial charge in [0.25, 0.3) is 0 Å². The highest BCUT2D eigenvalue weighted by Crippen LogP contribution is 2.27. The summed E-state index contributed by atoms with van der Waals surface area (Å²) in [5.41, 5.74) is 6.79. The second kappa shape index (κ2) is 5.50. The summed E-state index contributed by atoms with van der Waals surface area (Å²) in [4.78, 5) is 0. The summed E-state index contributed by atoms with van der Waals surface area (Å²) in [6.07, 6.45) is 7.93. The Kier molecular flexibility index (Phi) is 4.81. The second-order valence-electron chi connectivity index (χ2n) is 6.81. The van der Waals surface area contributed by atoms with Crippen molar-refractivity contribution in [1.82, 2.24) is 5.32 Å². The molecule has 1 saturated carbocycles. The van der Waals surface area contributed by atoms with Crippen molar-refractivity contribution in [2.45, 2.75) is 77.8 Å². The zero-order chi connectivity index (χ0) is 12.2. The first-order chi connectivity index (χ1) is 7.33. The standard InChI is InChI=1S/C14H30N2/c1-13(2,3)12(15)8-11-16-14(4)9-6-5-7-10-14/h12,16H,5-11,15H2,1-4H3. The lowest BCUT2D eigenvalue weighted by Crippen LogP contribution is -2.46. The van der Waals surface area contributed by atoms with Gasteiger partial charge in [0.15, 0.2) is 0 Å². The van der Waals surface area contributed by atoms with Gasteiger partial charge in [0, 0.05) is 11.6 Å². The van der Waals surface area contributed by atoms with Gasteiger partial charge in [-0.25, -0.2) is 0 Å². The van der Waals surface area contributed by atoms with E-state index in [1.54, 1.807) is 0 Å². The Morgan fingerprint density at radius 2 is 1.75 bits per heavy atom. The molecule has 0 radical (unpaired) electrons. The van der Waals surface area contributed by atoms with Crippen LogP contribution < -0.4 is 11.1 Å². The maximum absolute atomic E-state index is 6.17. The fourth-order valence-corrected chi connectivity index (χ4v) is 2.47. The van der Waals surface area contributed by atoms with Gasteiger partial charge in [-0.3, -0.25) is 0 Å². The fourth-order valence-electron chi connectivity index (χ4n) is 2.47. The normalized spacial score (nSPS) is 23.1. The van der Waals surface area contributed by atoms with E-state index in [1.807, 2.05) is 0 Å². The van der Waals surface area contributed by atoms with Gasteiger partial charge in [0.1, 0.15) is 0 Å². The van der Waals surface area contributed by atoms with Crippen molar-refractivity contribution >= 4 is 0 Å². The van der Waals surface area contributed by atoms with Crippen LogP contribution in [0.3, 0.4) is 0 Å². The Balaban J connectivity index is 2.24. The molecule has 0 aromatic heterocycles. The Morgan fingerprint density at radius 1 is 1.19 bits per heavy atom. The van der Waals surface area contributed by atoms with E-state index < -0.39 is 0 Å². The highest BCUT2D eigenvalue weighted by molar-refractivity contribution is 4.87. The Labute approximate surface area is 101 Å². The molecule has 1 aliphatic rings. The third-order valence-electron chi connectivity index (χ3n) is 4.08. The lowest BCUT2D eigenvalue weighted by Gasteiger charge is -2.36. The molecule has 1 rings (SSSR count). The smallest absolute Gasteiger partial charge is 0.0153 e. The summed E-state index contributed by atoms with van der Waals surface area (Å²) in [6, 6.07) is 0.298. The molecule has 1 atom stereocenters. The molecule has 0 heterocycles. The SMILES string of the molecule is CC1(NCCC(N)C(C)(C)C)CCCCC1. The van der Waals surface area contributed by atoms with Gasteiger partial charge in [0.2, 0.25) is 0 Å². The van der Waals surface area contributed by atoms with Crippen LogP contribution in [0.25, 0.3) is 0 Å². The number of rotatable bonds is 4. The third kappa shape index (κ3) is 4.42. The van der Waals surface area contributed by atoms with E-state index in [2.05, 4.69) is 33.0 Å². The van der Waals surface area contributed by atoms with Gasteiger partial charge < -0.3 is 11.1 Å². The summed E-state index contributed by atoms with van der Waals surface area (Å²) in [5, 5.41) is 3.72. The minimum atomic E-state index is 0.231. The van der Waals surface area contributed by atoms with Crippen LogP contribution in [0.5, 0.6) is 0 Å². The van der Waals surface area contributed by atoms with Crippen LogP contribution in [0, 0.1) is 5.41 Å². The second-order valence-corrected chi connectivity index (χ2v) is 6.81. The van der Waals surface area contributed by atoms with Crippen molar-refractivity contribution < 1.29 is 0 Å². The highest BCUT2D eigenvalue weighted by Gasteiger charge is 2.26. The van der Waals surface area contributed by atoms with Crippen LogP contribution in [0.15, 0.2) is 0 Å². The molecule has 3 N–H and O–H groups in total. The minimum absolute atomic E-state index is 0.231. The molecule has 96 valence electrons. The van der Waals surface area contributed by atoms with Gasteiger partial charge in [0.05, 0.1) is 0 Å². The van der Waals surface area contributed by atoms with E-state index in [0.717, 1.165) is 13.0 Å². The van der Waals surface area contributed by atoms with Gasteiger partial charge in [-0.2, -0.15) is 0 Å². The van der Waals surface area contributed by atoms with Crippen LogP contribution in [0.4, 0.5) is 0 Å². The van der Waals surface area contributed by atoms with Crippen LogP contribution >= 0.6 is 0 Å². The monoisotopic (exact) mass is 226 g/mol. The van der Waals surface area contributed by atoms with Crippen molar-refractivity contribution in [3.8, 4) is 0 Å². The lowest BCUT2D eigenvalue weighted by atomic mass is 9.82. The molecule has 0 aromatic carbocycles. The summed E-state index contributed by atoms with van der Waals surface area (Å²) < 4.78 is 0. The molecule has 1 aliphatic carbocycles. The predicted molar refractivity (Wildman–Crippen MR) is 71.5 cm³/mol. The molecule has 0 aliphatic heterocycles. The average molecular weight is 226 g/mol. The minimum Gasteiger partial charge on any atom is -0.327 e. The summed E-state index contributed by atoms with van der Waals surface area (Å²) in [5.74, 6) is 0. The first-order valence-electron chi connectivity index (χ1n) is 6.84. The first kappa shape index (κ1) is 14.0. The number of hydrogen-bond donors (Lipinski definition) is 2. The van der Waals surface area contributed by atoms with E-state index >= 15 is 0 Å². The molecule has 0 spiro atoms. The molecule has 16 heavy (non-hydrogen) atoms. The van der Waals surface area contributed by atoms with E-state index in [1.165, 1.54) is 32.1 Å². The zero-order valence-electron chi connectivity index (χ0n) is 11.6. The van der Waals surface area contributed by atoms with Crippen molar-refractivity contribution in [3.05, 3.63) is 0 Å². The fraction of sp³-hybridized carbons (Fsp3) is 1.00. The molecule has 0 aromatic rings. The zero-order valence-corrected chi connectivity index (χ0v) is 11.6. The molecule has 0 saturated heterocycles. The topological polar surface area (TPSA) is 38.0 Å². The highest BCUT2D eigenvalue weighted by atomic mass is 15.0. The molecule has 0 bridgehead atoms. The van der Waals surface area contributed by atoms with Crippen molar-refractivity contribution in [2.24, 2.45) is 11.1 Å². The Morgan fingerprint density at radius 3 is 2.25 bits per heavy atom. The average Bonchev–Trinajstić information content (AvgIpc) is 2.17. The number of nitrogens with one attached hydrogen (secondary N) is 1. The third-order valence-corrected chi connectivity index (χ3v) is 4.08. The van der Waals surface area contributed by atoms with Crippen LogP contribution in [0.2, 0.25) is 0 Å².